The molecule has 98 valence electrons. The fourth-order valence-electron chi connectivity index (χ4n) is 1.16. The van der Waals surface area contributed by atoms with Crippen LogP contribution < -0.4 is 5.32 Å². The third kappa shape index (κ3) is 2.87. The van der Waals surface area contributed by atoms with Gasteiger partial charge in [0.25, 0.3) is 0 Å². The van der Waals surface area contributed by atoms with Crippen LogP contribution in [-0.4, -0.2) is 17.0 Å². The number of amides is 1. The lowest BCUT2D eigenvalue weighted by Crippen LogP contribution is -2.38. The highest BCUT2D eigenvalue weighted by Gasteiger charge is 2.36. The van der Waals surface area contributed by atoms with Crippen molar-refractivity contribution in [1.29, 1.82) is 0 Å². The average molecular weight is 318 g/mol. The highest BCUT2D eigenvalue weighted by Crippen LogP contribution is 2.26. The number of carbonyl (C=O) groups excluding carboxylic acids is 1. The first-order chi connectivity index (χ1) is 8.16. The molecule has 1 aromatic carbocycles. The van der Waals surface area contributed by atoms with E-state index < -0.39 is 23.1 Å². The normalized spacial score (nSPS) is 11.2. The summed E-state index contributed by atoms with van der Waals surface area (Å²) in [6.45, 7) is 4.26. The molecule has 0 aliphatic heterocycles. The van der Waals surface area contributed by atoms with E-state index >= 15 is 0 Å². The van der Waals surface area contributed by atoms with Gasteiger partial charge in [0.05, 0.1) is 4.47 Å². The largest absolute Gasteiger partial charge is 0.480 e. The number of hydrogen-bond acceptors (Lipinski definition) is 2. The standard InChI is InChI=1S/C12H13BrFNO3/c1-6-4-7(13)8(14)5-9(6)15-10(16)12(2,3)11(17)18/h4-5H,1-3H3,(H,15,16)(H,17,18). The molecule has 2 N–H and O–H groups in total. The van der Waals surface area contributed by atoms with Gasteiger partial charge in [0, 0.05) is 5.69 Å². The van der Waals surface area contributed by atoms with E-state index in [1.165, 1.54) is 19.9 Å². The Hall–Kier alpha value is -1.43. The van der Waals surface area contributed by atoms with Crippen LogP contribution in [0, 0.1) is 18.2 Å². The van der Waals surface area contributed by atoms with E-state index in [2.05, 4.69) is 21.2 Å². The van der Waals surface area contributed by atoms with Crippen molar-refractivity contribution in [1.82, 2.24) is 0 Å². The summed E-state index contributed by atoms with van der Waals surface area (Å²) in [7, 11) is 0. The fraction of sp³-hybridized carbons (Fsp3) is 0.333. The minimum atomic E-state index is -1.57. The summed E-state index contributed by atoms with van der Waals surface area (Å²) in [6, 6.07) is 2.66. The second-order valence-corrected chi connectivity index (χ2v) is 5.32. The van der Waals surface area contributed by atoms with Crippen molar-refractivity contribution in [2.75, 3.05) is 5.32 Å². The molecule has 0 heterocycles. The van der Waals surface area contributed by atoms with Crippen LogP contribution in [0.25, 0.3) is 0 Å². The monoisotopic (exact) mass is 317 g/mol. The first-order valence-electron chi connectivity index (χ1n) is 5.16. The quantitative estimate of drug-likeness (QED) is 0.842. The third-order valence-corrected chi connectivity index (χ3v) is 3.23. The van der Waals surface area contributed by atoms with Crippen LogP contribution in [0.3, 0.4) is 0 Å². The Morgan fingerprint density at radius 2 is 1.94 bits per heavy atom. The summed E-state index contributed by atoms with van der Waals surface area (Å²) in [4.78, 5) is 22.7. The molecule has 0 aliphatic rings. The maximum Gasteiger partial charge on any atom is 0.318 e. The Morgan fingerprint density at radius 3 is 2.44 bits per heavy atom. The molecule has 1 aromatic rings. The Kier molecular flexibility index (Phi) is 4.11. The molecule has 4 nitrogen and oxygen atoms in total. The Bertz CT molecular complexity index is 514. The van der Waals surface area contributed by atoms with Crippen molar-refractivity contribution in [3.8, 4) is 0 Å². The van der Waals surface area contributed by atoms with Gasteiger partial charge in [-0.3, -0.25) is 9.59 Å². The van der Waals surface area contributed by atoms with Gasteiger partial charge in [0.1, 0.15) is 11.2 Å². The number of carboxylic acid groups (broad SMARTS) is 1. The molecular formula is C12H13BrFNO3. The zero-order valence-corrected chi connectivity index (χ0v) is 11.8. The molecule has 0 bridgehead atoms. The smallest absolute Gasteiger partial charge is 0.318 e. The number of nitrogens with one attached hydrogen (secondary N) is 1. The minimum absolute atomic E-state index is 0.259. The Morgan fingerprint density at radius 1 is 1.39 bits per heavy atom. The topological polar surface area (TPSA) is 66.4 Å². The van der Waals surface area contributed by atoms with Crippen LogP contribution in [0.2, 0.25) is 0 Å². The molecule has 0 saturated carbocycles. The molecule has 0 aromatic heterocycles. The van der Waals surface area contributed by atoms with Crippen LogP contribution in [0.4, 0.5) is 10.1 Å². The third-order valence-electron chi connectivity index (χ3n) is 2.62. The molecule has 1 amide bonds. The summed E-state index contributed by atoms with van der Waals surface area (Å²) >= 11 is 3.03. The second-order valence-electron chi connectivity index (χ2n) is 4.47. The lowest BCUT2D eigenvalue weighted by molar-refractivity contribution is -0.151. The van der Waals surface area contributed by atoms with Crippen molar-refractivity contribution >= 4 is 33.5 Å². The molecule has 0 saturated heterocycles. The molecule has 0 radical (unpaired) electrons. The summed E-state index contributed by atoms with van der Waals surface area (Å²) in [6.07, 6.45) is 0. The predicted molar refractivity (Wildman–Crippen MR) is 68.9 cm³/mol. The molecule has 0 unspecified atom stereocenters. The van der Waals surface area contributed by atoms with Crippen LogP contribution in [0.5, 0.6) is 0 Å². The first kappa shape index (κ1) is 14.6. The van der Waals surface area contributed by atoms with Crippen molar-refractivity contribution in [2.45, 2.75) is 20.8 Å². The SMILES string of the molecule is Cc1cc(Br)c(F)cc1NC(=O)C(C)(C)C(=O)O. The molecular weight excluding hydrogens is 305 g/mol. The van der Waals surface area contributed by atoms with Crippen LogP contribution in [0.1, 0.15) is 19.4 Å². The molecule has 6 heteroatoms. The summed E-state index contributed by atoms with van der Waals surface area (Å²) < 4.78 is 13.6. The van der Waals surface area contributed by atoms with Crippen molar-refractivity contribution in [3.63, 3.8) is 0 Å². The van der Waals surface area contributed by atoms with Crippen LogP contribution >= 0.6 is 15.9 Å². The molecule has 0 fully saturated rings. The van der Waals surface area contributed by atoms with Crippen molar-refractivity contribution in [2.24, 2.45) is 5.41 Å². The van der Waals surface area contributed by atoms with Crippen molar-refractivity contribution < 1.29 is 19.1 Å². The molecule has 0 aliphatic carbocycles. The van der Waals surface area contributed by atoms with E-state index in [1.807, 2.05) is 0 Å². The van der Waals surface area contributed by atoms with Gasteiger partial charge in [0.15, 0.2) is 0 Å². The minimum Gasteiger partial charge on any atom is -0.480 e. The van der Waals surface area contributed by atoms with Gasteiger partial charge in [-0.05, 0) is 54.4 Å². The van der Waals surface area contributed by atoms with Gasteiger partial charge in [-0.15, -0.1) is 0 Å². The van der Waals surface area contributed by atoms with Gasteiger partial charge in [0.2, 0.25) is 5.91 Å². The van der Waals surface area contributed by atoms with E-state index in [4.69, 9.17) is 5.11 Å². The first-order valence-corrected chi connectivity index (χ1v) is 5.96. The predicted octanol–water partition coefficient (Wildman–Crippen LogP) is 2.95. The number of rotatable bonds is 3. The number of aryl methyl sites for hydroxylation is 1. The van der Waals surface area contributed by atoms with Crippen LogP contribution in [0.15, 0.2) is 16.6 Å². The fourth-order valence-corrected chi connectivity index (χ4v) is 1.61. The van der Waals surface area contributed by atoms with E-state index in [0.717, 1.165) is 6.07 Å². The summed E-state index contributed by atoms with van der Waals surface area (Å²) in [5, 5.41) is 11.3. The van der Waals surface area contributed by atoms with E-state index in [9.17, 15) is 14.0 Å². The number of anilines is 1. The molecule has 18 heavy (non-hydrogen) atoms. The zero-order chi connectivity index (χ0) is 14.1. The molecule has 1 rings (SSSR count). The number of benzene rings is 1. The lowest BCUT2D eigenvalue weighted by Gasteiger charge is -2.19. The number of carboxylic acids is 1. The summed E-state index contributed by atoms with van der Waals surface area (Å²) in [5.74, 6) is -2.46. The molecule has 0 spiro atoms. The van der Waals surface area contributed by atoms with Crippen molar-refractivity contribution in [3.05, 3.63) is 28.0 Å². The zero-order valence-electron chi connectivity index (χ0n) is 10.2. The van der Waals surface area contributed by atoms with E-state index in [-0.39, 0.29) is 10.2 Å². The lowest BCUT2D eigenvalue weighted by atomic mass is 9.92. The molecule has 0 atom stereocenters. The second kappa shape index (κ2) is 5.06. The van der Waals surface area contributed by atoms with Gasteiger partial charge >= 0.3 is 5.97 Å². The maximum atomic E-state index is 13.4. The highest BCUT2D eigenvalue weighted by atomic mass is 79.9. The average Bonchev–Trinajstić information content (AvgIpc) is 2.25. The van der Waals surface area contributed by atoms with E-state index in [1.54, 1.807) is 6.92 Å². The van der Waals surface area contributed by atoms with Gasteiger partial charge in [-0.1, -0.05) is 0 Å². The van der Waals surface area contributed by atoms with Crippen LogP contribution in [-0.2, 0) is 9.59 Å². The maximum absolute atomic E-state index is 13.4. The number of hydrogen-bond donors (Lipinski definition) is 2. The highest BCUT2D eigenvalue weighted by molar-refractivity contribution is 9.10. The number of carbonyl (C=O) groups is 2. The Balaban J connectivity index is 3.03. The van der Waals surface area contributed by atoms with E-state index in [0.29, 0.717) is 5.56 Å². The number of aliphatic carboxylic acids is 1. The number of halogens is 2. The summed E-state index contributed by atoms with van der Waals surface area (Å²) in [5.41, 5.74) is -0.677. The van der Waals surface area contributed by atoms with Gasteiger partial charge in [-0.2, -0.15) is 0 Å². The Labute approximate surface area is 112 Å². The van der Waals surface area contributed by atoms with Gasteiger partial charge < -0.3 is 10.4 Å². The van der Waals surface area contributed by atoms with Gasteiger partial charge in [-0.25, -0.2) is 4.39 Å².